The van der Waals surface area contributed by atoms with Crippen LogP contribution in [0.2, 0.25) is 0 Å². The van der Waals surface area contributed by atoms with Crippen LogP contribution < -0.4 is 5.32 Å². The highest BCUT2D eigenvalue weighted by molar-refractivity contribution is 5.84. The van der Waals surface area contributed by atoms with Crippen molar-refractivity contribution >= 4 is 11.9 Å². The first-order valence-corrected chi connectivity index (χ1v) is 7.31. The lowest BCUT2D eigenvalue weighted by Crippen LogP contribution is -2.48. The van der Waals surface area contributed by atoms with Crippen LogP contribution in [0, 0.1) is 5.92 Å². The lowest BCUT2D eigenvalue weighted by molar-refractivity contribution is -0.160. The van der Waals surface area contributed by atoms with Crippen molar-refractivity contribution < 1.29 is 19.1 Å². The molecule has 0 aromatic rings. The molecule has 5 nitrogen and oxygen atoms in total. The number of amides is 1. The van der Waals surface area contributed by atoms with Gasteiger partial charge in [-0.25, -0.2) is 4.79 Å². The summed E-state index contributed by atoms with van der Waals surface area (Å²) in [5, 5.41) is 2.76. The van der Waals surface area contributed by atoms with Crippen molar-refractivity contribution in [1.29, 1.82) is 0 Å². The van der Waals surface area contributed by atoms with Crippen molar-refractivity contribution in [2.75, 3.05) is 13.2 Å². The van der Waals surface area contributed by atoms with E-state index >= 15 is 0 Å². The number of rotatable bonds is 8. The van der Waals surface area contributed by atoms with Gasteiger partial charge in [0.25, 0.3) is 0 Å². The number of carbonyl (C=O) groups is 2. The molecule has 0 bridgehead atoms. The minimum Gasteiger partial charge on any atom is -0.458 e. The molecule has 0 aliphatic rings. The molecule has 0 rings (SSSR count). The molecule has 0 heterocycles. The Labute approximate surface area is 122 Å². The third kappa shape index (κ3) is 8.15. The number of esters is 1. The van der Waals surface area contributed by atoms with Crippen molar-refractivity contribution in [3.8, 4) is 0 Å². The van der Waals surface area contributed by atoms with Gasteiger partial charge in [-0.05, 0) is 33.6 Å². The van der Waals surface area contributed by atoms with Crippen molar-refractivity contribution in [2.45, 2.75) is 66.0 Å². The largest absolute Gasteiger partial charge is 0.458 e. The third-order valence-electron chi connectivity index (χ3n) is 2.87. The first-order valence-electron chi connectivity index (χ1n) is 7.31. The van der Waals surface area contributed by atoms with E-state index in [1.54, 1.807) is 0 Å². The second kappa shape index (κ2) is 8.95. The summed E-state index contributed by atoms with van der Waals surface area (Å²) in [5.74, 6) is -0.535. The van der Waals surface area contributed by atoms with Crippen LogP contribution in [0.25, 0.3) is 0 Å². The smallest absolute Gasteiger partial charge is 0.329 e. The highest BCUT2D eigenvalue weighted by Crippen LogP contribution is 2.14. The van der Waals surface area contributed by atoms with Gasteiger partial charge in [-0.3, -0.25) is 4.79 Å². The molecule has 0 fully saturated rings. The van der Waals surface area contributed by atoms with Crippen LogP contribution in [0.5, 0.6) is 0 Å². The van der Waals surface area contributed by atoms with E-state index in [1.165, 1.54) is 0 Å². The molecule has 5 heteroatoms. The average Bonchev–Trinajstić information content (AvgIpc) is 2.33. The molecular formula is C15H29NO4. The second-order valence-electron chi connectivity index (χ2n) is 5.91. The monoisotopic (exact) mass is 287 g/mol. The molecule has 0 saturated heterocycles. The van der Waals surface area contributed by atoms with Gasteiger partial charge in [0, 0.05) is 13.0 Å². The Kier molecular flexibility index (Phi) is 8.46. The molecule has 0 aliphatic carbocycles. The van der Waals surface area contributed by atoms with E-state index in [0.717, 1.165) is 6.42 Å². The van der Waals surface area contributed by atoms with Gasteiger partial charge in [0.05, 0.1) is 6.61 Å². The molecule has 1 N–H and O–H groups in total. The Morgan fingerprint density at radius 2 is 1.80 bits per heavy atom. The predicted molar refractivity (Wildman–Crippen MR) is 78.3 cm³/mol. The molecule has 2 atom stereocenters. The minimum atomic E-state index is -0.603. The van der Waals surface area contributed by atoms with Crippen LogP contribution in [0.1, 0.15) is 54.4 Å². The molecule has 1 amide bonds. The zero-order valence-corrected chi connectivity index (χ0v) is 13.6. The summed E-state index contributed by atoms with van der Waals surface area (Å²) >= 11 is 0. The number of nitrogens with one attached hydrogen (secondary N) is 1. The number of hydrogen-bond acceptors (Lipinski definition) is 4. The Bertz CT molecular complexity index is 309. The molecule has 0 aromatic carbocycles. The van der Waals surface area contributed by atoms with Gasteiger partial charge in [-0.2, -0.15) is 0 Å². The van der Waals surface area contributed by atoms with Gasteiger partial charge >= 0.3 is 5.97 Å². The van der Waals surface area contributed by atoms with Gasteiger partial charge in [-0.1, -0.05) is 20.3 Å². The number of ether oxygens (including phenoxy) is 2. The fourth-order valence-corrected chi connectivity index (χ4v) is 1.59. The van der Waals surface area contributed by atoms with Gasteiger partial charge in [-0.15, -0.1) is 0 Å². The van der Waals surface area contributed by atoms with Gasteiger partial charge in [0.15, 0.2) is 0 Å². The summed E-state index contributed by atoms with van der Waals surface area (Å²) in [6, 6.07) is -0.603. The Hall–Kier alpha value is -1.10. The summed E-state index contributed by atoms with van der Waals surface area (Å²) in [7, 11) is 0. The van der Waals surface area contributed by atoms with E-state index in [0.29, 0.717) is 13.2 Å². The molecule has 20 heavy (non-hydrogen) atoms. The van der Waals surface area contributed by atoms with E-state index in [2.05, 4.69) is 5.32 Å². The van der Waals surface area contributed by atoms with E-state index in [1.807, 2.05) is 41.5 Å². The van der Waals surface area contributed by atoms with Crippen molar-refractivity contribution in [3.63, 3.8) is 0 Å². The summed E-state index contributed by atoms with van der Waals surface area (Å²) in [4.78, 5) is 24.0. The quantitative estimate of drug-likeness (QED) is 0.549. The summed E-state index contributed by atoms with van der Waals surface area (Å²) < 4.78 is 10.5. The highest BCUT2D eigenvalue weighted by atomic mass is 16.6. The molecule has 0 saturated carbocycles. The van der Waals surface area contributed by atoms with Gasteiger partial charge < -0.3 is 14.8 Å². The molecular weight excluding hydrogens is 258 g/mol. The van der Waals surface area contributed by atoms with Gasteiger partial charge in [0.2, 0.25) is 5.91 Å². The summed E-state index contributed by atoms with van der Waals surface area (Å²) in [6.45, 7) is 12.2. The minimum absolute atomic E-state index is 0.0286. The van der Waals surface area contributed by atoms with Crippen LogP contribution in [0.4, 0.5) is 0 Å². The molecule has 0 aromatic heterocycles. The topological polar surface area (TPSA) is 64.6 Å². The van der Waals surface area contributed by atoms with Crippen LogP contribution in [0.15, 0.2) is 0 Å². The predicted octanol–water partition coefficient (Wildman–Crippen LogP) is 2.29. The zero-order chi connectivity index (χ0) is 15.8. The first kappa shape index (κ1) is 18.9. The van der Waals surface area contributed by atoms with Crippen LogP contribution >= 0.6 is 0 Å². The van der Waals surface area contributed by atoms with Crippen LogP contribution in [-0.4, -0.2) is 36.7 Å². The van der Waals surface area contributed by atoms with E-state index in [9.17, 15) is 9.59 Å². The summed E-state index contributed by atoms with van der Waals surface area (Å²) in [6.07, 6.45) is 1.04. The van der Waals surface area contributed by atoms with Crippen molar-refractivity contribution in [2.24, 2.45) is 5.92 Å². The standard InChI is InChI=1S/C15H29NO4/c1-7-11(3)13(14(18)20-15(4,5)6)16-12(17)9-10-19-8-2/h11,13H,7-10H2,1-6H3,(H,16,17)/t11-,13-/m0/s1. The van der Waals surface area contributed by atoms with Crippen molar-refractivity contribution in [3.05, 3.63) is 0 Å². The van der Waals surface area contributed by atoms with E-state index in [4.69, 9.17) is 9.47 Å². The number of hydrogen-bond donors (Lipinski definition) is 1. The van der Waals surface area contributed by atoms with E-state index < -0.39 is 11.6 Å². The lowest BCUT2D eigenvalue weighted by atomic mass is 9.98. The van der Waals surface area contributed by atoms with Crippen molar-refractivity contribution in [1.82, 2.24) is 5.32 Å². The SMILES string of the molecule is CCOCCC(=O)N[C@H](C(=O)OC(C)(C)C)[C@@H](C)CC. The molecule has 0 aliphatic heterocycles. The summed E-state index contributed by atoms with van der Waals surface area (Å²) in [5.41, 5.74) is -0.557. The molecule has 0 spiro atoms. The fraction of sp³-hybridized carbons (Fsp3) is 0.867. The number of carbonyl (C=O) groups excluding carboxylic acids is 2. The van der Waals surface area contributed by atoms with Crippen LogP contribution in [-0.2, 0) is 19.1 Å². The lowest BCUT2D eigenvalue weighted by Gasteiger charge is -2.27. The van der Waals surface area contributed by atoms with E-state index in [-0.39, 0.29) is 24.2 Å². The second-order valence-corrected chi connectivity index (χ2v) is 5.91. The Morgan fingerprint density at radius 3 is 2.25 bits per heavy atom. The first-order chi connectivity index (χ1) is 9.21. The maximum absolute atomic E-state index is 12.2. The molecule has 118 valence electrons. The fourth-order valence-electron chi connectivity index (χ4n) is 1.59. The van der Waals surface area contributed by atoms with Gasteiger partial charge in [0.1, 0.15) is 11.6 Å². The normalized spacial score (nSPS) is 14.5. The molecule has 0 unspecified atom stereocenters. The Morgan fingerprint density at radius 1 is 1.20 bits per heavy atom. The highest BCUT2D eigenvalue weighted by Gasteiger charge is 2.30. The zero-order valence-electron chi connectivity index (χ0n) is 13.6. The maximum atomic E-state index is 12.2. The average molecular weight is 287 g/mol. The Balaban J connectivity index is 4.57. The van der Waals surface area contributed by atoms with Crippen LogP contribution in [0.3, 0.4) is 0 Å². The maximum Gasteiger partial charge on any atom is 0.329 e. The molecule has 0 radical (unpaired) electrons. The third-order valence-corrected chi connectivity index (χ3v) is 2.87.